The minimum Gasteiger partial charge on any atom is -0.401 e. The van der Waals surface area contributed by atoms with E-state index in [4.69, 9.17) is 5.73 Å². The molecule has 0 fully saturated rings. The number of likely N-dealkylation sites (N-methyl/N-ethyl adjacent to an activating group) is 1. The van der Waals surface area contributed by atoms with Gasteiger partial charge in [0.25, 0.3) is 0 Å². The highest BCUT2D eigenvalue weighted by Crippen LogP contribution is 2.04. The molecule has 0 bridgehead atoms. The van der Waals surface area contributed by atoms with Crippen molar-refractivity contribution in [3.8, 4) is 0 Å². The van der Waals surface area contributed by atoms with E-state index in [0.717, 1.165) is 17.9 Å². The van der Waals surface area contributed by atoms with Gasteiger partial charge in [-0.05, 0) is 20.6 Å². The fourth-order valence-corrected chi connectivity index (χ4v) is 0.922. The summed E-state index contributed by atoms with van der Waals surface area (Å²) in [6.07, 6.45) is 1.44. The minimum atomic E-state index is 0.561. The van der Waals surface area contributed by atoms with Gasteiger partial charge in [-0.15, -0.1) is 0 Å². The highest BCUT2D eigenvalue weighted by molar-refractivity contribution is 5.62. The average Bonchev–Trinajstić information content (AvgIpc) is 2.11. The lowest BCUT2D eigenvalue weighted by atomic mass is 10.3. The van der Waals surface area contributed by atoms with Crippen LogP contribution in [-0.2, 0) is 0 Å². The first-order valence-corrected chi connectivity index (χ1v) is 4.24. The summed E-state index contributed by atoms with van der Waals surface area (Å²) in [5, 5.41) is 0. The Morgan fingerprint density at radius 1 is 1.62 bits per heavy atom. The van der Waals surface area contributed by atoms with Crippen molar-refractivity contribution in [1.29, 1.82) is 0 Å². The molecule has 0 atom stereocenters. The van der Waals surface area contributed by atoms with Gasteiger partial charge in [-0.25, -0.2) is 0 Å². The lowest BCUT2D eigenvalue weighted by molar-refractivity contribution is 0.429. The molecule has 0 aliphatic carbocycles. The second-order valence-electron chi connectivity index (χ2n) is 2.78. The molecule has 0 saturated heterocycles. The summed E-state index contributed by atoms with van der Waals surface area (Å²) in [4.78, 5) is 9.64. The molecule has 0 aromatic carbocycles. The number of nitrogens with zero attached hydrogens (tertiary/aromatic N) is 3. The Labute approximate surface area is 79.9 Å². The van der Waals surface area contributed by atoms with Gasteiger partial charge >= 0.3 is 0 Å². The van der Waals surface area contributed by atoms with E-state index in [1.165, 1.54) is 6.34 Å². The average molecular weight is 182 g/mol. The Hall–Kier alpha value is -1.32. The Morgan fingerprint density at radius 3 is 2.62 bits per heavy atom. The zero-order chi connectivity index (χ0) is 10.3. The topological polar surface area (TPSA) is 54.0 Å². The lowest BCUT2D eigenvalue weighted by Crippen LogP contribution is -2.22. The predicted octanol–water partition coefficient (Wildman–Crippen LogP) is 0.857. The van der Waals surface area contributed by atoms with Crippen molar-refractivity contribution >= 4 is 13.1 Å². The molecule has 0 amide bonds. The normalized spacial score (nSPS) is 12.8. The van der Waals surface area contributed by atoms with Gasteiger partial charge in [0.1, 0.15) is 6.34 Å². The van der Waals surface area contributed by atoms with E-state index < -0.39 is 0 Å². The summed E-state index contributed by atoms with van der Waals surface area (Å²) in [5.74, 6) is 0. The maximum Gasteiger partial charge on any atom is 0.109 e. The third kappa shape index (κ3) is 4.30. The molecular weight excluding hydrogens is 164 g/mol. The number of rotatable bonds is 5. The maximum absolute atomic E-state index is 5.71. The van der Waals surface area contributed by atoms with Gasteiger partial charge in [0.05, 0.1) is 12.2 Å². The van der Waals surface area contributed by atoms with Gasteiger partial charge in [0, 0.05) is 19.3 Å². The first-order chi connectivity index (χ1) is 6.13. The molecule has 0 radical (unpaired) electrons. The summed E-state index contributed by atoms with van der Waals surface area (Å²) in [5.41, 5.74) is 7.54. The van der Waals surface area contributed by atoms with Crippen LogP contribution in [0.15, 0.2) is 21.4 Å². The van der Waals surface area contributed by atoms with E-state index in [9.17, 15) is 0 Å². The van der Waals surface area contributed by atoms with Crippen LogP contribution in [-0.4, -0.2) is 38.1 Å². The molecular formula is C9H18N4. The molecule has 74 valence electrons. The second kappa shape index (κ2) is 6.22. The molecule has 0 aliphatic heterocycles. The molecule has 2 N–H and O–H groups in total. The van der Waals surface area contributed by atoms with Crippen LogP contribution in [0.5, 0.6) is 0 Å². The van der Waals surface area contributed by atoms with Crippen molar-refractivity contribution in [2.75, 3.05) is 20.1 Å². The van der Waals surface area contributed by atoms with Crippen LogP contribution >= 0.6 is 0 Å². The number of hydrogen-bond acceptors (Lipinski definition) is 3. The van der Waals surface area contributed by atoms with Crippen LogP contribution < -0.4 is 5.73 Å². The smallest absolute Gasteiger partial charge is 0.109 e. The summed E-state index contributed by atoms with van der Waals surface area (Å²) in [6.45, 7) is 8.73. The van der Waals surface area contributed by atoms with Crippen molar-refractivity contribution in [2.45, 2.75) is 13.8 Å². The van der Waals surface area contributed by atoms with Crippen LogP contribution in [0.25, 0.3) is 0 Å². The minimum absolute atomic E-state index is 0.561. The Bertz CT molecular complexity index is 214. The van der Waals surface area contributed by atoms with E-state index in [2.05, 4.69) is 28.5 Å². The quantitative estimate of drug-likeness (QED) is 0.506. The Morgan fingerprint density at radius 2 is 2.23 bits per heavy atom. The van der Waals surface area contributed by atoms with Crippen molar-refractivity contribution in [1.82, 2.24) is 4.90 Å². The molecule has 0 aromatic rings. The highest BCUT2D eigenvalue weighted by Gasteiger charge is 2.03. The van der Waals surface area contributed by atoms with E-state index in [1.54, 1.807) is 0 Å². The van der Waals surface area contributed by atoms with Crippen molar-refractivity contribution in [3.05, 3.63) is 11.4 Å². The van der Waals surface area contributed by atoms with E-state index in [0.29, 0.717) is 6.54 Å². The van der Waals surface area contributed by atoms with Crippen LogP contribution in [0.1, 0.15) is 13.8 Å². The van der Waals surface area contributed by atoms with E-state index >= 15 is 0 Å². The zero-order valence-corrected chi connectivity index (χ0v) is 8.62. The first-order valence-electron chi connectivity index (χ1n) is 4.24. The van der Waals surface area contributed by atoms with Crippen molar-refractivity contribution in [2.24, 2.45) is 15.7 Å². The zero-order valence-electron chi connectivity index (χ0n) is 8.62. The van der Waals surface area contributed by atoms with Crippen LogP contribution in [0.2, 0.25) is 0 Å². The molecule has 0 saturated carbocycles. The molecule has 0 aromatic heterocycles. The van der Waals surface area contributed by atoms with E-state index in [1.807, 2.05) is 14.0 Å². The monoisotopic (exact) mass is 182 g/mol. The van der Waals surface area contributed by atoms with Crippen LogP contribution in [0.3, 0.4) is 0 Å². The van der Waals surface area contributed by atoms with Gasteiger partial charge in [0.2, 0.25) is 0 Å². The van der Waals surface area contributed by atoms with Gasteiger partial charge < -0.3 is 10.6 Å². The fraction of sp³-hybridized carbons (Fsp3) is 0.556. The predicted molar refractivity (Wildman–Crippen MR) is 58.1 cm³/mol. The number of hydrogen-bond donors (Lipinski definition) is 1. The number of nitrogens with two attached hydrogens (primary N) is 1. The van der Waals surface area contributed by atoms with Gasteiger partial charge in [-0.2, -0.15) is 0 Å². The summed E-state index contributed by atoms with van der Waals surface area (Å²) < 4.78 is 0. The summed E-state index contributed by atoms with van der Waals surface area (Å²) in [7, 11) is 1.99. The standard InChI is InChI=1S/C9H18N4/c1-5-13(4)9(8(2)10)6-12-7-11-3/h7H,3,5-6,10H2,1-2,4H3/b9-8-,12-7?. The van der Waals surface area contributed by atoms with E-state index in [-0.39, 0.29) is 0 Å². The molecule has 0 spiro atoms. The molecule has 0 heterocycles. The fourth-order valence-electron chi connectivity index (χ4n) is 0.922. The third-order valence-corrected chi connectivity index (χ3v) is 1.79. The lowest BCUT2D eigenvalue weighted by Gasteiger charge is -2.20. The molecule has 0 aliphatic rings. The molecule has 0 rings (SSSR count). The van der Waals surface area contributed by atoms with Crippen LogP contribution in [0, 0.1) is 0 Å². The van der Waals surface area contributed by atoms with Crippen molar-refractivity contribution in [3.63, 3.8) is 0 Å². The van der Waals surface area contributed by atoms with Gasteiger partial charge in [-0.3, -0.25) is 9.98 Å². The largest absolute Gasteiger partial charge is 0.401 e. The Balaban J connectivity index is 4.37. The van der Waals surface area contributed by atoms with Gasteiger partial charge in [-0.1, -0.05) is 0 Å². The number of allylic oxidation sites excluding steroid dienone is 1. The Kier molecular flexibility index (Phi) is 5.59. The second-order valence-corrected chi connectivity index (χ2v) is 2.78. The third-order valence-electron chi connectivity index (χ3n) is 1.79. The van der Waals surface area contributed by atoms with Crippen LogP contribution in [0.4, 0.5) is 0 Å². The maximum atomic E-state index is 5.71. The SMILES string of the molecule is C=NC=NC/C(=C(\C)N)N(C)CC. The molecule has 0 unspecified atom stereocenters. The molecule has 4 nitrogen and oxygen atoms in total. The number of aliphatic imine (C=N–C) groups is 2. The highest BCUT2D eigenvalue weighted by atomic mass is 15.1. The molecule has 4 heteroatoms. The first kappa shape index (κ1) is 11.7. The summed E-state index contributed by atoms with van der Waals surface area (Å²) >= 11 is 0. The van der Waals surface area contributed by atoms with Gasteiger partial charge in [0.15, 0.2) is 0 Å². The molecule has 13 heavy (non-hydrogen) atoms. The van der Waals surface area contributed by atoms with Crippen molar-refractivity contribution < 1.29 is 0 Å². The summed E-state index contributed by atoms with van der Waals surface area (Å²) in [6, 6.07) is 0.